The molecule has 0 saturated heterocycles. The summed E-state index contributed by atoms with van der Waals surface area (Å²) in [5.41, 5.74) is -0.0558. The molecule has 1 fully saturated rings. The van der Waals surface area contributed by atoms with E-state index >= 15 is 0 Å². The predicted octanol–water partition coefficient (Wildman–Crippen LogP) is 2.96. The van der Waals surface area contributed by atoms with Crippen molar-refractivity contribution in [3.8, 4) is 11.5 Å². The number of nitro benzene ring substituents is 1. The molecule has 1 heterocycles. The van der Waals surface area contributed by atoms with Crippen LogP contribution in [0.1, 0.15) is 45.1 Å². The quantitative estimate of drug-likeness (QED) is 0.335. The van der Waals surface area contributed by atoms with Crippen LogP contribution in [-0.4, -0.2) is 35.7 Å². The molecule has 1 aromatic rings. The highest BCUT2D eigenvalue weighted by atomic mass is 16.7. The second-order valence-corrected chi connectivity index (χ2v) is 7.31. The Hall–Kier alpha value is -3.10. The smallest absolute Gasteiger partial charge is 0.331 e. The van der Waals surface area contributed by atoms with E-state index in [9.17, 15) is 19.7 Å². The summed E-state index contributed by atoms with van der Waals surface area (Å²) in [4.78, 5) is 35.1. The third-order valence-corrected chi connectivity index (χ3v) is 5.22. The van der Waals surface area contributed by atoms with Gasteiger partial charge in [0, 0.05) is 12.1 Å². The van der Waals surface area contributed by atoms with E-state index in [0.717, 1.165) is 31.8 Å². The SMILES string of the molecule is C[C@@H]1CCCC[C@@H]1NC(=O)[C@@H](C)OC(=O)/C=C/c1cc2c(cc1[N+](=O)[O-])OCO2. The Morgan fingerprint density at radius 1 is 1.28 bits per heavy atom. The zero-order valence-electron chi connectivity index (χ0n) is 16.4. The Kier molecular flexibility index (Phi) is 6.36. The monoisotopic (exact) mass is 404 g/mol. The Balaban J connectivity index is 1.60. The maximum atomic E-state index is 12.3. The lowest BCUT2D eigenvalue weighted by Gasteiger charge is -2.30. The van der Waals surface area contributed by atoms with E-state index < -0.39 is 17.0 Å². The molecule has 0 bridgehead atoms. The van der Waals surface area contributed by atoms with Gasteiger partial charge in [-0.3, -0.25) is 14.9 Å². The van der Waals surface area contributed by atoms with Crippen molar-refractivity contribution in [2.24, 2.45) is 5.92 Å². The van der Waals surface area contributed by atoms with E-state index in [1.54, 1.807) is 0 Å². The Labute approximate surface area is 168 Å². The number of amides is 1. The van der Waals surface area contributed by atoms with Crippen molar-refractivity contribution in [1.82, 2.24) is 5.32 Å². The number of nitrogens with zero attached hydrogens (tertiary/aromatic N) is 1. The lowest BCUT2D eigenvalue weighted by atomic mass is 9.86. The molecule has 1 aromatic carbocycles. The van der Waals surface area contributed by atoms with E-state index in [-0.39, 0.29) is 35.7 Å². The summed E-state index contributed by atoms with van der Waals surface area (Å²) in [6.45, 7) is 3.58. The first-order valence-electron chi connectivity index (χ1n) is 9.62. The number of nitro groups is 1. The summed E-state index contributed by atoms with van der Waals surface area (Å²) >= 11 is 0. The molecule has 1 aliphatic heterocycles. The lowest BCUT2D eigenvalue weighted by molar-refractivity contribution is -0.385. The van der Waals surface area contributed by atoms with E-state index in [0.29, 0.717) is 11.7 Å². The molecular formula is C20H24N2O7. The van der Waals surface area contributed by atoms with Crippen LogP contribution in [0.25, 0.3) is 6.08 Å². The number of rotatable bonds is 6. The zero-order valence-corrected chi connectivity index (χ0v) is 16.4. The van der Waals surface area contributed by atoms with Crippen LogP contribution < -0.4 is 14.8 Å². The summed E-state index contributed by atoms with van der Waals surface area (Å²) < 4.78 is 15.5. The average Bonchev–Trinajstić information content (AvgIpc) is 3.14. The van der Waals surface area contributed by atoms with Crippen LogP contribution in [0.2, 0.25) is 0 Å². The van der Waals surface area contributed by atoms with Crippen LogP contribution in [0.3, 0.4) is 0 Å². The Morgan fingerprint density at radius 3 is 2.66 bits per heavy atom. The molecule has 3 rings (SSSR count). The minimum absolute atomic E-state index is 0.0199. The number of hydrogen-bond acceptors (Lipinski definition) is 7. The minimum Gasteiger partial charge on any atom is -0.454 e. The van der Waals surface area contributed by atoms with Crippen LogP contribution >= 0.6 is 0 Å². The average molecular weight is 404 g/mol. The van der Waals surface area contributed by atoms with Crippen LogP contribution in [0, 0.1) is 16.0 Å². The van der Waals surface area contributed by atoms with E-state index in [4.69, 9.17) is 14.2 Å². The van der Waals surface area contributed by atoms with Gasteiger partial charge in [0.2, 0.25) is 6.79 Å². The van der Waals surface area contributed by atoms with Crippen molar-refractivity contribution in [2.75, 3.05) is 6.79 Å². The predicted molar refractivity (Wildman–Crippen MR) is 103 cm³/mol. The highest BCUT2D eigenvalue weighted by Crippen LogP contribution is 2.38. The lowest BCUT2D eigenvalue weighted by Crippen LogP contribution is -2.45. The van der Waals surface area contributed by atoms with Crippen molar-refractivity contribution in [3.05, 3.63) is 33.9 Å². The number of carbonyl (C=O) groups is 2. The highest BCUT2D eigenvalue weighted by molar-refractivity contribution is 5.91. The van der Waals surface area contributed by atoms with Crippen LogP contribution in [-0.2, 0) is 14.3 Å². The summed E-state index contributed by atoms with van der Waals surface area (Å²) in [5.74, 6) is -0.0884. The Bertz CT molecular complexity index is 836. The first-order valence-corrected chi connectivity index (χ1v) is 9.62. The maximum Gasteiger partial charge on any atom is 0.331 e. The molecule has 2 aliphatic rings. The van der Waals surface area contributed by atoms with Gasteiger partial charge in [0.05, 0.1) is 16.6 Å². The molecule has 0 radical (unpaired) electrons. The number of benzene rings is 1. The fourth-order valence-corrected chi connectivity index (χ4v) is 3.49. The highest BCUT2D eigenvalue weighted by Gasteiger charge is 2.26. The van der Waals surface area contributed by atoms with Crippen molar-refractivity contribution in [3.63, 3.8) is 0 Å². The van der Waals surface area contributed by atoms with Crippen LogP contribution in [0.5, 0.6) is 11.5 Å². The summed E-state index contributed by atoms with van der Waals surface area (Å²) in [6, 6.07) is 2.75. The number of nitrogens with one attached hydrogen (secondary N) is 1. The van der Waals surface area contributed by atoms with Gasteiger partial charge in [-0.1, -0.05) is 19.8 Å². The summed E-state index contributed by atoms with van der Waals surface area (Å²) in [5, 5.41) is 14.2. The topological polar surface area (TPSA) is 117 Å². The van der Waals surface area contributed by atoms with Crippen LogP contribution in [0.4, 0.5) is 5.69 Å². The van der Waals surface area contributed by atoms with E-state index in [1.165, 1.54) is 25.1 Å². The molecule has 1 aliphatic carbocycles. The van der Waals surface area contributed by atoms with Gasteiger partial charge in [-0.15, -0.1) is 0 Å². The van der Waals surface area contributed by atoms with Gasteiger partial charge in [-0.2, -0.15) is 0 Å². The molecule has 156 valence electrons. The zero-order chi connectivity index (χ0) is 21.0. The molecule has 3 atom stereocenters. The van der Waals surface area contributed by atoms with Gasteiger partial charge >= 0.3 is 5.97 Å². The van der Waals surface area contributed by atoms with E-state index in [1.807, 2.05) is 0 Å². The molecule has 1 saturated carbocycles. The van der Waals surface area contributed by atoms with Crippen molar-refractivity contribution >= 4 is 23.6 Å². The molecular weight excluding hydrogens is 380 g/mol. The number of fused-ring (bicyclic) bond motifs is 1. The number of esters is 1. The van der Waals surface area contributed by atoms with Gasteiger partial charge < -0.3 is 19.5 Å². The largest absolute Gasteiger partial charge is 0.454 e. The fraction of sp³-hybridized carbons (Fsp3) is 0.500. The molecule has 0 aromatic heterocycles. The summed E-state index contributed by atoms with van der Waals surface area (Å²) in [6.07, 6.45) is 5.56. The first-order chi connectivity index (χ1) is 13.8. The standard InChI is InChI=1S/C20H24N2O7/c1-12-5-3-4-6-15(12)21-20(24)13(2)29-19(23)8-7-14-9-17-18(28-11-27-17)10-16(14)22(25)26/h7-10,12-13,15H,3-6,11H2,1-2H3,(H,21,24)/b8-7+/t12-,13-,15+/m1/s1. The molecule has 29 heavy (non-hydrogen) atoms. The van der Waals surface area contributed by atoms with Gasteiger partial charge in [0.25, 0.3) is 11.6 Å². The maximum absolute atomic E-state index is 12.3. The van der Waals surface area contributed by atoms with Crippen molar-refractivity contribution < 1.29 is 28.7 Å². The normalized spacial score (nSPS) is 21.6. The second kappa shape index (κ2) is 8.93. The van der Waals surface area contributed by atoms with Crippen molar-refractivity contribution in [1.29, 1.82) is 0 Å². The number of hydrogen-bond donors (Lipinski definition) is 1. The van der Waals surface area contributed by atoms with Gasteiger partial charge in [0.1, 0.15) is 0 Å². The van der Waals surface area contributed by atoms with Gasteiger partial charge in [0.15, 0.2) is 17.6 Å². The molecule has 1 amide bonds. The van der Waals surface area contributed by atoms with Crippen molar-refractivity contribution in [2.45, 2.75) is 51.7 Å². The number of carbonyl (C=O) groups excluding carboxylic acids is 2. The summed E-state index contributed by atoms with van der Waals surface area (Å²) in [7, 11) is 0. The Morgan fingerprint density at radius 2 is 1.97 bits per heavy atom. The van der Waals surface area contributed by atoms with Crippen LogP contribution in [0.15, 0.2) is 18.2 Å². The molecule has 0 spiro atoms. The van der Waals surface area contributed by atoms with Gasteiger partial charge in [-0.25, -0.2) is 4.79 Å². The molecule has 0 unspecified atom stereocenters. The number of ether oxygens (including phenoxy) is 3. The second-order valence-electron chi connectivity index (χ2n) is 7.31. The molecule has 9 nitrogen and oxygen atoms in total. The van der Waals surface area contributed by atoms with Gasteiger partial charge in [-0.05, 0) is 37.8 Å². The molecule has 9 heteroatoms. The first kappa shape index (κ1) is 20.6. The third-order valence-electron chi connectivity index (χ3n) is 5.22. The third kappa shape index (κ3) is 5.04. The molecule has 1 N–H and O–H groups in total. The minimum atomic E-state index is -0.965. The fourth-order valence-electron chi connectivity index (χ4n) is 3.49. The van der Waals surface area contributed by atoms with E-state index in [2.05, 4.69) is 12.2 Å².